The van der Waals surface area contributed by atoms with Crippen LogP contribution in [-0.2, 0) is 10.0 Å². The highest BCUT2D eigenvalue weighted by atomic mass is 32.2. The van der Waals surface area contributed by atoms with Crippen molar-refractivity contribution in [3.63, 3.8) is 0 Å². The molecule has 0 atom stereocenters. The van der Waals surface area contributed by atoms with E-state index < -0.39 is 10.0 Å². The van der Waals surface area contributed by atoms with Crippen LogP contribution < -0.4 is 15.8 Å². The molecule has 0 bridgehead atoms. The number of thiocarbonyl (C=S) groups is 1. The molecule has 20 heavy (non-hydrogen) atoms. The van der Waals surface area contributed by atoms with Crippen molar-refractivity contribution < 1.29 is 8.42 Å². The normalized spacial score (nSPS) is 10.8. The molecule has 0 radical (unpaired) electrons. The summed E-state index contributed by atoms with van der Waals surface area (Å²) in [5.74, 6) is 0. The van der Waals surface area contributed by atoms with Gasteiger partial charge >= 0.3 is 0 Å². The smallest absolute Gasteiger partial charge is 0.240 e. The lowest BCUT2D eigenvalue weighted by atomic mass is 10.3. The van der Waals surface area contributed by atoms with Crippen molar-refractivity contribution in [2.24, 2.45) is 5.14 Å². The maximum atomic E-state index is 11.5. The fourth-order valence-corrected chi connectivity index (χ4v) is 2.55. The average Bonchev–Trinajstić information content (AvgIpc) is 2.39. The Hall–Kier alpha value is -1.96. The van der Waals surface area contributed by atoms with Crippen molar-refractivity contribution in [3.8, 4) is 0 Å². The number of sulfonamides is 1. The lowest BCUT2D eigenvalue weighted by molar-refractivity contribution is 0.598. The second kappa shape index (κ2) is 6.00. The van der Waals surface area contributed by atoms with Gasteiger partial charge in [-0.15, -0.1) is 0 Å². The predicted molar refractivity (Wildman–Crippen MR) is 84.1 cm³/mol. The third kappa shape index (κ3) is 3.77. The largest absolute Gasteiger partial charge is 0.332 e. The molecule has 0 aliphatic carbocycles. The minimum atomic E-state index is -3.80. The van der Waals surface area contributed by atoms with Gasteiger partial charge in [0.15, 0.2) is 5.11 Å². The number of nitrogens with two attached hydrogens (primary N) is 1. The standard InChI is InChI=1S/C13H13N3O2S2/c14-20(17,18)12-9-5-4-8-11(12)16-13(19)15-10-6-2-1-3-7-10/h1-9H,(H2,14,17,18)(H2,15,16,19). The van der Waals surface area contributed by atoms with Crippen LogP contribution >= 0.6 is 12.2 Å². The van der Waals surface area contributed by atoms with Crippen LogP contribution in [0.4, 0.5) is 11.4 Å². The molecule has 0 saturated carbocycles. The van der Waals surface area contributed by atoms with E-state index in [-0.39, 0.29) is 10.0 Å². The molecular weight excluding hydrogens is 294 g/mol. The predicted octanol–water partition coefficient (Wildman–Crippen LogP) is 2.14. The number of hydrogen-bond acceptors (Lipinski definition) is 3. The zero-order chi connectivity index (χ0) is 14.6. The van der Waals surface area contributed by atoms with Crippen LogP contribution in [0.25, 0.3) is 0 Å². The Morgan fingerprint density at radius 1 is 0.950 bits per heavy atom. The molecule has 2 aromatic carbocycles. The van der Waals surface area contributed by atoms with Crippen molar-refractivity contribution in [3.05, 3.63) is 54.6 Å². The number of benzene rings is 2. The zero-order valence-electron chi connectivity index (χ0n) is 10.4. The van der Waals surface area contributed by atoms with Gasteiger partial charge in [-0.1, -0.05) is 30.3 Å². The molecule has 2 aromatic rings. The van der Waals surface area contributed by atoms with Crippen LogP contribution in [0.5, 0.6) is 0 Å². The Morgan fingerprint density at radius 3 is 2.20 bits per heavy atom. The van der Waals surface area contributed by atoms with E-state index in [1.165, 1.54) is 6.07 Å². The first kappa shape index (κ1) is 14.4. The van der Waals surface area contributed by atoms with Gasteiger partial charge in [0.1, 0.15) is 4.90 Å². The molecule has 5 nitrogen and oxygen atoms in total. The summed E-state index contributed by atoms with van der Waals surface area (Å²) in [5.41, 5.74) is 1.14. The van der Waals surface area contributed by atoms with Crippen molar-refractivity contribution >= 4 is 38.7 Å². The Labute approximate surface area is 122 Å². The Balaban J connectivity index is 2.17. The molecule has 0 amide bonds. The van der Waals surface area contributed by atoms with Gasteiger partial charge in [-0.3, -0.25) is 0 Å². The zero-order valence-corrected chi connectivity index (χ0v) is 12.0. The first-order chi connectivity index (χ1) is 9.47. The third-order valence-electron chi connectivity index (χ3n) is 2.47. The van der Waals surface area contributed by atoms with Gasteiger partial charge in [-0.05, 0) is 36.5 Å². The first-order valence-corrected chi connectivity index (χ1v) is 7.67. The highest BCUT2D eigenvalue weighted by molar-refractivity contribution is 7.89. The van der Waals surface area contributed by atoms with Gasteiger partial charge in [0.2, 0.25) is 10.0 Å². The summed E-state index contributed by atoms with van der Waals surface area (Å²) in [4.78, 5) is -0.00258. The molecule has 104 valence electrons. The summed E-state index contributed by atoms with van der Waals surface area (Å²) in [5, 5.41) is 11.2. The van der Waals surface area contributed by atoms with Gasteiger partial charge < -0.3 is 10.6 Å². The fraction of sp³-hybridized carbons (Fsp3) is 0. The minimum Gasteiger partial charge on any atom is -0.332 e. The molecule has 0 aromatic heterocycles. The van der Waals surface area contributed by atoms with E-state index in [2.05, 4.69) is 10.6 Å². The van der Waals surface area contributed by atoms with Gasteiger partial charge in [0, 0.05) is 5.69 Å². The molecular formula is C13H13N3O2S2. The molecule has 0 fully saturated rings. The molecule has 4 N–H and O–H groups in total. The van der Waals surface area contributed by atoms with Crippen LogP contribution in [0.3, 0.4) is 0 Å². The second-order valence-electron chi connectivity index (χ2n) is 3.99. The summed E-state index contributed by atoms with van der Waals surface area (Å²) < 4.78 is 22.9. The number of nitrogens with one attached hydrogen (secondary N) is 2. The van der Waals surface area contributed by atoms with Crippen LogP contribution in [0, 0.1) is 0 Å². The van der Waals surface area contributed by atoms with E-state index in [9.17, 15) is 8.42 Å². The molecule has 0 aliphatic rings. The monoisotopic (exact) mass is 307 g/mol. The number of hydrogen-bond donors (Lipinski definition) is 3. The number of para-hydroxylation sites is 2. The third-order valence-corrected chi connectivity index (χ3v) is 3.65. The van der Waals surface area contributed by atoms with Gasteiger partial charge in [0.05, 0.1) is 5.69 Å². The van der Waals surface area contributed by atoms with E-state index in [0.29, 0.717) is 5.69 Å². The molecule has 0 spiro atoms. The van der Waals surface area contributed by atoms with Crippen LogP contribution in [0.2, 0.25) is 0 Å². The first-order valence-electron chi connectivity index (χ1n) is 5.72. The lowest BCUT2D eigenvalue weighted by Crippen LogP contribution is -2.22. The Morgan fingerprint density at radius 2 is 1.55 bits per heavy atom. The summed E-state index contributed by atoms with van der Waals surface area (Å²) in [6.45, 7) is 0. The minimum absolute atomic E-state index is 0.00258. The average molecular weight is 307 g/mol. The maximum Gasteiger partial charge on any atom is 0.240 e. The lowest BCUT2D eigenvalue weighted by Gasteiger charge is -2.12. The molecule has 0 aliphatic heterocycles. The highest BCUT2D eigenvalue weighted by Crippen LogP contribution is 2.19. The maximum absolute atomic E-state index is 11.5. The molecule has 7 heteroatoms. The van der Waals surface area contributed by atoms with Crippen molar-refractivity contribution in [1.29, 1.82) is 0 Å². The van der Waals surface area contributed by atoms with Crippen molar-refractivity contribution in [1.82, 2.24) is 0 Å². The summed E-state index contributed by atoms with van der Waals surface area (Å²) in [6.07, 6.45) is 0. The van der Waals surface area contributed by atoms with E-state index in [1.54, 1.807) is 18.2 Å². The van der Waals surface area contributed by atoms with E-state index in [1.807, 2.05) is 30.3 Å². The molecule has 0 unspecified atom stereocenters. The molecule has 0 saturated heterocycles. The topological polar surface area (TPSA) is 84.2 Å². The summed E-state index contributed by atoms with van der Waals surface area (Å²) >= 11 is 5.14. The van der Waals surface area contributed by atoms with Gasteiger partial charge in [-0.25, -0.2) is 13.6 Å². The molecule has 2 rings (SSSR count). The summed E-state index contributed by atoms with van der Waals surface area (Å²) in [7, 11) is -3.80. The highest BCUT2D eigenvalue weighted by Gasteiger charge is 2.13. The Kier molecular flexibility index (Phi) is 4.33. The van der Waals surface area contributed by atoms with E-state index in [0.717, 1.165) is 5.69 Å². The molecule has 0 heterocycles. The van der Waals surface area contributed by atoms with Crippen LogP contribution in [0.1, 0.15) is 0 Å². The number of anilines is 2. The number of rotatable bonds is 3. The SMILES string of the molecule is NS(=O)(=O)c1ccccc1NC(=S)Nc1ccccc1. The second-order valence-corrected chi connectivity index (χ2v) is 5.92. The summed E-state index contributed by atoms with van der Waals surface area (Å²) in [6, 6.07) is 15.6. The van der Waals surface area contributed by atoms with Crippen LogP contribution in [0.15, 0.2) is 59.5 Å². The van der Waals surface area contributed by atoms with Gasteiger partial charge in [0.25, 0.3) is 0 Å². The quantitative estimate of drug-likeness (QED) is 0.757. The van der Waals surface area contributed by atoms with E-state index >= 15 is 0 Å². The van der Waals surface area contributed by atoms with Gasteiger partial charge in [-0.2, -0.15) is 0 Å². The fourth-order valence-electron chi connectivity index (χ4n) is 1.62. The number of primary sulfonamides is 1. The van der Waals surface area contributed by atoms with E-state index in [4.69, 9.17) is 17.4 Å². The Bertz CT molecular complexity index is 715. The van der Waals surface area contributed by atoms with Crippen molar-refractivity contribution in [2.45, 2.75) is 4.90 Å². The van der Waals surface area contributed by atoms with Crippen LogP contribution in [-0.4, -0.2) is 13.5 Å². The van der Waals surface area contributed by atoms with Crippen molar-refractivity contribution in [2.75, 3.05) is 10.6 Å².